The van der Waals surface area contributed by atoms with Gasteiger partial charge in [0.2, 0.25) is 10.0 Å². The van der Waals surface area contributed by atoms with Crippen LogP contribution >= 0.6 is 0 Å². The molecule has 0 radical (unpaired) electrons. The maximum absolute atomic E-state index is 13.8. The summed E-state index contributed by atoms with van der Waals surface area (Å²) < 4.78 is 41.9. The smallest absolute Gasteiger partial charge is 0.242 e. The van der Waals surface area contributed by atoms with E-state index in [0.29, 0.717) is 33.7 Å². The quantitative estimate of drug-likeness (QED) is 0.400. The molecule has 176 valence electrons. The molecule has 11 heteroatoms. The summed E-state index contributed by atoms with van der Waals surface area (Å²) in [5.74, 6) is -1.25. The largest absolute Gasteiger partial charge is 0.505 e. The van der Waals surface area contributed by atoms with Crippen molar-refractivity contribution < 1.29 is 17.9 Å². The first-order valence-electron chi connectivity index (χ1n) is 10.4. The second-order valence-electron chi connectivity index (χ2n) is 7.91. The fourth-order valence-corrected chi connectivity index (χ4v) is 4.68. The van der Waals surface area contributed by atoms with E-state index >= 15 is 0 Å². The molecule has 0 unspecified atom stereocenters. The predicted molar refractivity (Wildman–Crippen MR) is 127 cm³/mol. The molecule has 1 N–H and O–H groups in total. The van der Waals surface area contributed by atoms with Crippen LogP contribution in [0.3, 0.4) is 0 Å². The topological polar surface area (TPSA) is 114 Å². The number of hydrogen-bond acceptors (Lipinski definition) is 7. The van der Waals surface area contributed by atoms with Gasteiger partial charge in [-0.15, -0.1) is 5.10 Å². The highest BCUT2D eigenvalue weighted by molar-refractivity contribution is 7.89. The van der Waals surface area contributed by atoms with E-state index in [1.165, 1.54) is 38.5 Å². The van der Waals surface area contributed by atoms with E-state index in [2.05, 4.69) is 15.2 Å². The number of benzene rings is 2. The molecule has 3 heterocycles. The zero-order valence-electron chi connectivity index (χ0n) is 18.7. The lowest BCUT2D eigenvalue weighted by molar-refractivity contribution is 0.433. The van der Waals surface area contributed by atoms with Crippen LogP contribution in [0.25, 0.3) is 39.3 Å². The van der Waals surface area contributed by atoms with E-state index in [4.69, 9.17) is 5.10 Å². The lowest BCUT2D eigenvalue weighted by atomic mass is 10.0. The molecule has 0 saturated carbocycles. The molecule has 5 aromatic rings. The molecule has 0 spiro atoms. The molecule has 0 aliphatic carbocycles. The second kappa shape index (κ2) is 8.53. The first-order chi connectivity index (χ1) is 16.8. The third-order valence-electron chi connectivity index (χ3n) is 5.52. The zero-order chi connectivity index (χ0) is 24.7. The maximum Gasteiger partial charge on any atom is 0.242 e. The number of hydrogen-bond donors (Lipinski definition) is 1. The fraction of sp³-hybridized carbons (Fsp3) is 0.0833. The first-order valence-corrected chi connectivity index (χ1v) is 11.9. The van der Waals surface area contributed by atoms with Crippen molar-refractivity contribution in [1.29, 1.82) is 0 Å². The van der Waals surface area contributed by atoms with Crippen LogP contribution in [0.2, 0.25) is 0 Å². The summed E-state index contributed by atoms with van der Waals surface area (Å²) >= 11 is 0. The Kier molecular flexibility index (Phi) is 5.50. The van der Waals surface area contributed by atoms with Gasteiger partial charge in [0.05, 0.1) is 22.3 Å². The van der Waals surface area contributed by atoms with Crippen LogP contribution in [0.5, 0.6) is 5.75 Å². The molecule has 9 nitrogen and oxygen atoms in total. The maximum atomic E-state index is 13.8. The van der Waals surface area contributed by atoms with Crippen molar-refractivity contribution in [3.63, 3.8) is 0 Å². The van der Waals surface area contributed by atoms with Crippen LogP contribution in [-0.4, -0.2) is 56.7 Å². The molecule has 0 amide bonds. The third kappa shape index (κ3) is 3.90. The number of rotatable bonds is 5. The summed E-state index contributed by atoms with van der Waals surface area (Å²) in [5.41, 5.74) is 3.65. The molecule has 35 heavy (non-hydrogen) atoms. The minimum absolute atomic E-state index is 0.121. The van der Waals surface area contributed by atoms with Gasteiger partial charge in [-0.3, -0.25) is 4.98 Å². The number of nitrogens with zero attached hydrogens (tertiary/aromatic N) is 6. The number of phenolic OH excluding ortho intramolecular Hbond substituents is 1. The van der Waals surface area contributed by atoms with Crippen LogP contribution in [0.15, 0.2) is 78.1 Å². The van der Waals surface area contributed by atoms with Gasteiger partial charge in [0.1, 0.15) is 5.69 Å². The van der Waals surface area contributed by atoms with Crippen molar-refractivity contribution in [1.82, 2.24) is 29.1 Å². The van der Waals surface area contributed by atoms with Crippen molar-refractivity contribution in [2.45, 2.75) is 4.90 Å². The number of aromatic hydroxyl groups is 1. The monoisotopic (exact) mass is 490 g/mol. The molecule has 5 rings (SSSR count). The minimum atomic E-state index is -3.66. The summed E-state index contributed by atoms with van der Waals surface area (Å²) in [6.07, 6.45) is 4.73. The molecule has 3 aromatic heterocycles. The first kappa shape index (κ1) is 22.6. The van der Waals surface area contributed by atoms with Crippen LogP contribution in [-0.2, 0) is 10.0 Å². The Balaban J connectivity index is 1.80. The summed E-state index contributed by atoms with van der Waals surface area (Å²) in [6, 6.07) is 14.0. The lowest BCUT2D eigenvalue weighted by Gasteiger charge is -2.12. The number of pyridine rings is 1. The van der Waals surface area contributed by atoms with Crippen molar-refractivity contribution in [3.8, 4) is 39.4 Å². The zero-order valence-corrected chi connectivity index (χ0v) is 19.5. The lowest BCUT2D eigenvalue weighted by Crippen LogP contribution is -2.22. The average Bonchev–Trinajstić information content (AvgIpc) is 3.26. The Hall–Kier alpha value is -4.22. The number of sulfonamides is 1. The number of fused-ring (bicyclic) bond motifs is 1. The predicted octanol–water partition coefficient (Wildman–Crippen LogP) is 3.62. The third-order valence-corrected chi connectivity index (χ3v) is 7.33. The van der Waals surface area contributed by atoms with E-state index in [1.807, 2.05) is 0 Å². The fourth-order valence-electron chi connectivity index (χ4n) is 3.73. The minimum Gasteiger partial charge on any atom is -0.505 e. The highest BCUT2D eigenvalue weighted by Crippen LogP contribution is 2.37. The van der Waals surface area contributed by atoms with E-state index in [-0.39, 0.29) is 4.90 Å². The summed E-state index contributed by atoms with van der Waals surface area (Å²) in [6.45, 7) is 0. The second-order valence-corrected chi connectivity index (χ2v) is 10.1. The number of halogens is 1. The molecule has 0 fully saturated rings. The van der Waals surface area contributed by atoms with Gasteiger partial charge in [0.15, 0.2) is 17.2 Å². The molecular formula is C24H19FN6O3S. The Morgan fingerprint density at radius 3 is 2.46 bits per heavy atom. The molecule has 0 aliphatic heterocycles. The Labute approximate surface area is 200 Å². The standard InChI is InChI=1S/C24H19FN6O3S/c1-30(2)35(33,34)18-5-3-4-16(12-18)20-14-27-28-24-22(17-6-7-19(25)21(32)13-17)23(29-31(20)24)15-8-10-26-11-9-15/h3-14,32H,1-2H3. The molecular weight excluding hydrogens is 471 g/mol. The van der Waals surface area contributed by atoms with Gasteiger partial charge >= 0.3 is 0 Å². The van der Waals surface area contributed by atoms with Gasteiger partial charge in [-0.1, -0.05) is 18.2 Å². The normalized spacial score (nSPS) is 11.9. The summed E-state index contributed by atoms with van der Waals surface area (Å²) in [4.78, 5) is 4.17. The van der Waals surface area contributed by atoms with Gasteiger partial charge in [-0.25, -0.2) is 21.6 Å². The van der Waals surface area contributed by atoms with Crippen molar-refractivity contribution >= 4 is 15.7 Å². The van der Waals surface area contributed by atoms with Crippen LogP contribution in [0.4, 0.5) is 4.39 Å². The van der Waals surface area contributed by atoms with E-state index < -0.39 is 21.6 Å². The highest BCUT2D eigenvalue weighted by atomic mass is 32.2. The van der Waals surface area contributed by atoms with E-state index in [1.54, 1.807) is 47.2 Å². The molecule has 0 aliphatic rings. The van der Waals surface area contributed by atoms with Gasteiger partial charge < -0.3 is 5.11 Å². The molecule has 0 saturated heterocycles. The van der Waals surface area contributed by atoms with Gasteiger partial charge in [-0.2, -0.15) is 10.2 Å². The van der Waals surface area contributed by atoms with Crippen molar-refractivity contribution in [2.75, 3.05) is 14.1 Å². The van der Waals surface area contributed by atoms with Crippen molar-refractivity contribution in [2.24, 2.45) is 0 Å². The Bertz CT molecular complexity index is 1670. The van der Waals surface area contributed by atoms with Gasteiger partial charge in [0, 0.05) is 37.6 Å². The average molecular weight is 491 g/mol. The van der Waals surface area contributed by atoms with Crippen LogP contribution in [0, 0.1) is 5.82 Å². The molecule has 0 bridgehead atoms. The number of phenols is 1. The number of aromatic nitrogens is 5. The molecule has 0 atom stereocenters. The Morgan fingerprint density at radius 2 is 1.74 bits per heavy atom. The highest BCUT2D eigenvalue weighted by Gasteiger charge is 2.23. The van der Waals surface area contributed by atoms with Gasteiger partial charge in [0.25, 0.3) is 0 Å². The van der Waals surface area contributed by atoms with Crippen molar-refractivity contribution in [3.05, 3.63) is 79.0 Å². The summed E-state index contributed by atoms with van der Waals surface area (Å²) in [7, 11) is -0.730. The SMILES string of the molecule is CN(C)S(=O)(=O)c1cccc(-c2cnnc3c(-c4ccc(F)c(O)c4)c(-c4ccncc4)nn23)c1. The van der Waals surface area contributed by atoms with Crippen LogP contribution in [0.1, 0.15) is 0 Å². The Morgan fingerprint density at radius 1 is 0.971 bits per heavy atom. The van der Waals surface area contributed by atoms with Gasteiger partial charge in [-0.05, 0) is 42.0 Å². The van der Waals surface area contributed by atoms with E-state index in [0.717, 1.165) is 15.9 Å². The molecule has 2 aromatic carbocycles. The van der Waals surface area contributed by atoms with Crippen LogP contribution < -0.4 is 0 Å². The van der Waals surface area contributed by atoms with E-state index in [9.17, 15) is 17.9 Å². The summed E-state index contributed by atoms with van der Waals surface area (Å²) in [5, 5.41) is 23.2.